The SMILES string of the molecule is Cn1c(=O)c2c([nH]c(Sc3ncn[nH]3)[n+]2C)n(C)c1=O. The molecule has 0 fully saturated rings. The Labute approximate surface area is 116 Å². The summed E-state index contributed by atoms with van der Waals surface area (Å²) in [5, 5.41) is 7.76. The van der Waals surface area contributed by atoms with Crippen molar-refractivity contribution in [3.63, 3.8) is 0 Å². The van der Waals surface area contributed by atoms with Crippen molar-refractivity contribution in [2.45, 2.75) is 10.3 Å². The minimum absolute atomic E-state index is 0.341. The van der Waals surface area contributed by atoms with E-state index in [1.54, 1.807) is 18.7 Å². The van der Waals surface area contributed by atoms with E-state index >= 15 is 0 Å². The van der Waals surface area contributed by atoms with Crippen LogP contribution in [0.2, 0.25) is 0 Å². The van der Waals surface area contributed by atoms with Gasteiger partial charge >= 0.3 is 16.4 Å². The van der Waals surface area contributed by atoms with E-state index in [0.717, 1.165) is 4.57 Å². The molecule has 3 aromatic rings. The van der Waals surface area contributed by atoms with Gasteiger partial charge in [0.15, 0.2) is 5.16 Å². The Morgan fingerprint density at radius 2 is 2.05 bits per heavy atom. The van der Waals surface area contributed by atoms with E-state index in [4.69, 9.17) is 0 Å². The van der Waals surface area contributed by atoms with Crippen molar-refractivity contribution in [3.8, 4) is 0 Å². The van der Waals surface area contributed by atoms with Gasteiger partial charge in [-0.2, -0.15) is 5.10 Å². The molecule has 3 aromatic heterocycles. The van der Waals surface area contributed by atoms with Crippen molar-refractivity contribution in [2.24, 2.45) is 21.1 Å². The van der Waals surface area contributed by atoms with Gasteiger partial charge in [-0.3, -0.25) is 19.0 Å². The fourth-order valence-electron chi connectivity index (χ4n) is 1.99. The van der Waals surface area contributed by atoms with Gasteiger partial charge in [0, 0.05) is 25.9 Å². The number of imidazole rings is 1. The first kappa shape index (κ1) is 12.7. The Morgan fingerprint density at radius 1 is 1.30 bits per heavy atom. The van der Waals surface area contributed by atoms with Gasteiger partial charge in [0.25, 0.3) is 11.2 Å². The predicted octanol–water partition coefficient (Wildman–Crippen LogP) is -1.34. The highest BCUT2D eigenvalue weighted by molar-refractivity contribution is 7.98. The van der Waals surface area contributed by atoms with Gasteiger partial charge in [0.2, 0.25) is 0 Å². The summed E-state index contributed by atoms with van der Waals surface area (Å²) in [6.45, 7) is 0. The topological polar surface area (TPSA) is 105 Å². The number of rotatable bonds is 2. The van der Waals surface area contributed by atoms with Crippen molar-refractivity contribution in [3.05, 3.63) is 27.2 Å². The highest BCUT2D eigenvalue weighted by atomic mass is 32.2. The molecule has 2 N–H and O–H groups in total. The lowest BCUT2D eigenvalue weighted by molar-refractivity contribution is -0.684. The van der Waals surface area contributed by atoms with Crippen LogP contribution in [0.1, 0.15) is 0 Å². The molecular formula is C10H12N7O2S+. The largest absolute Gasteiger partial charge is 0.333 e. The number of aromatic amines is 2. The van der Waals surface area contributed by atoms with E-state index in [1.807, 2.05) is 0 Å². The van der Waals surface area contributed by atoms with Crippen LogP contribution < -0.4 is 15.8 Å². The first-order valence-electron chi connectivity index (χ1n) is 5.71. The maximum Gasteiger partial charge on any atom is 0.333 e. The maximum atomic E-state index is 12.2. The van der Waals surface area contributed by atoms with Crippen LogP contribution >= 0.6 is 11.8 Å². The molecule has 20 heavy (non-hydrogen) atoms. The van der Waals surface area contributed by atoms with Crippen LogP contribution in [0, 0.1) is 0 Å². The minimum atomic E-state index is -0.374. The lowest BCUT2D eigenvalue weighted by atomic mass is 10.5. The second-order valence-electron chi connectivity index (χ2n) is 4.28. The van der Waals surface area contributed by atoms with Crippen molar-refractivity contribution in [1.82, 2.24) is 29.3 Å². The molecule has 0 radical (unpaired) electrons. The van der Waals surface area contributed by atoms with E-state index in [-0.39, 0.29) is 11.2 Å². The van der Waals surface area contributed by atoms with Crippen molar-refractivity contribution in [1.29, 1.82) is 0 Å². The highest BCUT2D eigenvalue weighted by Crippen LogP contribution is 2.20. The molecule has 0 aliphatic heterocycles. The number of hydrogen-bond acceptors (Lipinski definition) is 5. The Balaban J connectivity index is 2.30. The molecule has 3 rings (SSSR count). The molecule has 0 amide bonds. The van der Waals surface area contributed by atoms with E-state index in [2.05, 4.69) is 20.2 Å². The zero-order chi connectivity index (χ0) is 14.4. The van der Waals surface area contributed by atoms with Gasteiger partial charge in [-0.25, -0.2) is 19.3 Å². The Hall–Kier alpha value is -2.36. The standard InChI is InChI=1S/C10H11N7O2S/c1-15-5-6(16(2)10(19)17(3)7(5)18)13-9(15)20-8-11-4-12-14-8/h4H,1-3H3,(H,11,12,14)/p+1. The number of fused-ring (bicyclic) bond motifs is 1. The summed E-state index contributed by atoms with van der Waals surface area (Å²) in [4.78, 5) is 31.2. The summed E-state index contributed by atoms with van der Waals surface area (Å²) in [5.74, 6) is 0. The van der Waals surface area contributed by atoms with Gasteiger partial charge in [-0.1, -0.05) is 0 Å². The van der Waals surface area contributed by atoms with Gasteiger partial charge in [0.05, 0.1) is 7.05 Å². The molecule has 0 saturated heterocycles. The lowest BCUT2D eigenvalue weighted by Gasteiger charge is -1.99. The molecule has 0 bridgehead atoms. The van der Waals surface area contributed by atoms with Gasteiger partial charge < -0.3 is 0 Å². The average Bonchev–Trinajstić information content (AvgIpc) is 3.04. The molecule has 0 aliphatic carbocycles. The number of nitrogens with zero attached hydrogens (tertiary/aromatic N) is 5. The second kappa shape index (κ2) is 4.34. The van der Waals surface area contributed by atoms with E-state index < -0.39 is 0 Å². The van der Waals surface area contributed by atoms with Gasteiger partial charge in [-0.05, 0) is 0 Å². The summed E-state index contributed by atoms with van der Waals surface area (Å²) >= 11 is 1.29. The molecule has 0 aromatic carbocycles. The summed E-state index contributed by atoms with van der Waals surface area (Å²) in [6.07, 6.45) is 1.40. The molecule has 0 saturated carbocycles. The zero-order valence-electron chi connectivity index (χ0n) is 11.0. The van der Waals surface area contributed by atoms with E-state index in [0.29, 0.717) is 21.5 Å². The fourth-order valence-corrected chi connectivity index (χ4v) is 2.74. The van der Waals surface area contributed by atoms with Crippen LogP contribution in [0.5, 0.6) is 0 Å². The van der Waals surface area contributed by atoms with Crippen LogP contribution in [0.4, 0.5) is 0 Å². The quantitative estimate of drug-likeness (QED) is 0.569. The van der Waals surface area contributed by atoms with Crippen LogP contribution in [-0.4, -0.2) is 29.3 Å². The predicted molar refractivity (Wildman–Crippen MR) is 70.5 cm³/mol. The number of hydrogen-bond donors (Lipinski definition) is 2. The van der Waals surface area contributed by atoms with Crippen molar-refractivity contribution in [2.75, 3.05) is 0 Å². The summed E-state index contributed by atoms with van der Waals surface area (Å²) in [5.41, 5.74) is 0.186. The van der Waals surface area contributed by atoms with Crippen LogP contribution in [0.15, 0.2) is 26.2 Å². The first-order chi connectivity index (χ1) is 9.50. The highest BCUT2D eigenvalue weighted by Gasteiger charge is 2.24. The molecule has 10 heteroatoms. The number of aromatic nitrogens is 7. The minimum Gasteiger partial charge on any atom is -0.264 e. The summed E-state index contributed by atoms with van der Waals surface area (Å²) in [6, 6.07) is 0. The molecule has 0 unspecified atom stereocenters. The third kappa shape index (κ3) is 1.68. The van der Waals surface area contributed by atoms with Crippen LogP contribution in [0.25, 0.3) is 11.2 Å². The Bertz CT molecular complexity index is 902. The molecule has 0 aliphatic rings. The monoisotopic (exact) mass is 294 g/mol. The fraction of sp³-hybridized carbons (Fsp3) is 0.300. The molecule has 0 spiro atoms. The van der Waals surface area contributed by atoms with E-state index in [9.17, 15) is 9.59 Å². The van der Waals surface area contributed by atoms with Crippen LogP contribution in [0.3, 0.4) is 0 Å². The number of aryl methyl sites for hydroxylation is 2. The molecular weight excluding hydrogens is 282 g/mol. The number of H-pyrrole nitrogens is 2. The Kier molecular flexibility index (Phi) is 2.74. The molecule has 9 nitrogen and oxygen atoms in total. The van der Waals surface area contributed by atoms with Gasteiger partial charge in [0.1, 0.15) is 6.33 Å². The van der Waals surface area contributed by atoms with Crippen molar-refractivity contribution < 1.29 is 4.57 Å². The summed E-state index contributed by atoms with van der Waals surface area (Å²) in [7, 11) is 4.83. The normalized spacial score (nSPS) is 11.3. The summed E-state index contributed by atoms with van der Waals surface area (Å²) < 4.78 is 4.19. The van der Waals surface area contributed by atoms with Crippen LogP contribution in [-0.2, 0) is 21.1 Å². The lowest BCUT2D eigenvalue weighted by Crippen LogP contribution is -2.42. The third-order valence-corrected chi connectivity index (χ3v) is 4.05. The zero-order valence-corrected chi connectivity index (χ0v) is 11.9. The third-order valence-electron chi connectivity index (χ3n) is 3.09. The second-order valence-corrected chi connectivity index (χ2v) is 5.26. The average molecular weight is 294 g/mol. The van der Waals surface area contributed by atoms with Crippen molar-refractivity contribution >= 4 is 22.9 Å². The van der Waals surface area contributed by atoms with E-state index in [1.165, 1.54) is 29.7 Å². The first-order valence-corrected chi connectivity index (χ1v) is 6.53. The smallest absolute Gasteiger partial charge is 0.264 e. The molecule has 3 heterocycles. The Morgan fingerprint density at radius 3 is 2.70 bits per heavy atom. The molecule has 0 atom stereocenters. The number of nitrogens with one attached hydrogen (secondary N) is 2. The molecule has 104 valence electrons. The maximum absolute atomic E-state index is 12.2. The van der Waals surface area contributed by atoms with Gasteiger partial charge in [-0.15, -0.1) is 0 Å².